The molecule has 0 saturated carbocycles. The highest BCUT2D eigenvalue weighted by Crippen LogP contribution is 2.16. The normalized spacial score (nSPS) is 12.6. The van der Waals surface area contributed by atoms with Gasteiger partial charge in [0.05, 0.1) is 45.0 Å². The number of carbonyl (C=O) groups is 11. The van der Waals surface area contributed by atoms with Crippen LogP contribution < -0.4 is 26.6 Å². The van der Waals surface area contributed by atoms with E-state index in [1.807, 2.05) is 0 Å². The van der Waals surface area contributed by atoms with Gasteiger partial charge in [0.2, 0.25) is 23.6 Å². The van der Waals surface area contributed by atoms with Gasteiger partial charge in [-0.1, -0.05) is 77.0 Å². The fraction of sp³-hybridized carbons (Fsp3) is 0.800. The number of rotatable bonds is 58. The molecule has 0 aliphatic heterocycles. The van der Waals surface area contributed by atoms with Gasteiger partial charge in [0.1, 0.15) is 37.7 Å². The molecule has 0 saturated heterocycles. The number of unbranched alkanes of at least 4 members (excludes halogenated alkanes) is 14. The van der Waals surface area contributed by atoms with E-state index in [1.54, 1.807) is 7.05 Å². The number of ether oxygens (including phenoxy) is 4. The fourth-order valence-electron chi connectivity index (χ4n) is 8.23. The van der Waals surface area contributed by atoms with Gasteiger partial charge in [0.25, 0.3) is 0 Å². The second-order valence-corrected chi connectivity index (χ2v) is 19.8. The average Bonchev–Trinajstić information content (AvgIpc) is 3.41. The van der Waals surface area contributed by atoms with Gasteiger partial charge in [-0.05, 0) is 64.8 Å². The van der Waals surface area contributed by atoms with Crippen molar-refractivity contribution in [1.29, 1.82) is 0 Å². The number of carboxylic acid groups (broad SMARTS) is 4. The molecule has 4 atom stereocenters. The minimum Gasteiger partial charge on any atom is -0.481 e. The van der Waals surface area contributed by atoms with Gasteiger partial charge in [-0.25, -0.2) is 9.59 Å². The Balaban J connectivity index is 4.01. The molecule has 10 N–H and O–H groups in total. The van der Waals surface area contributed by atoms with Crippen LogP contribution in [-0.2, 0) is 71.7 Å². The van der Waals surface area contributed by atoms with E-state index in [1.165, 1.54) is 25.7 Å². The second kappa shape index (κ2) is 50.5. The Morgan fingerprint density at radius 3 is 1.41 bits per heavy atom. The van der Waals surface area contributed by atoms with Gasteiger partial charge in [-0.3, -0.25) is 43.2 Å². The summed E-state index contributed by atoms with van der Waals surface area (Å²) in [6.45, 7) is 0.117. The van der Waals surface area contributed by atoms with Crippen LogP contribution in [-0.4, -0.2) is 188 Å². The number of aliphatic hydroxyl groups is 1. The molecule has 0 aromatic rings. The van der Waals surface area contributed by atoms with Crippen LogP contribution in [0.25, 0.3) is 0 Å². The maximum Gasteiger partial charge on any atom is 0.326 e. The van der Waals surface area contributed by atoms with Crippen molar-refractivity contribution in [2.75, 3.05) is 79.6 Å². The lowest BCUT2D eigenvalue weighted by Crippen LogP contribution is -2.44. The maximum atomic E-state index is 12.6. The van der Waals surface area contributed by atoms with Crippen LogP contribution in [0.2, 0.25) is 0 Å². The zero-order chi connectivity index (χ0) is 59.6. The number of Topliss-reactive ketones (excluding diaryl/α,β-unsaturated/α-hetero) is 3. The molecule has 0 aromatic carbocycles. The molecule has 460 valence electrons. The van der Waals surface area contributed by atoms with E-state index < -0.39 is 78.0 Å². The van der Waals surface area contributed by atoms with E-state index in [2.05, 4.69) is 26.6 Å². The molecule has 0 heterocycles. The number of likely N-dealkylation sites (N-methyl/N-ethyl adjacent to an activating group) is 1. The highest BCUT2D eigenvalue weighted by atomic mass is 16.5. The Morgan fingerprint density at radius 2 is 0.875 bits per heavy atom. The number of ketones is 3. The van der Waals surface area contributed by atoms with Crippen LogP contribution >= 0.6 is 0 Å². The topological polar surface area (TPSA) is 386 Å². The van der Waals surface area contributed by atoms with E-state index in [0.717, 1.165) is 57.8 Å². The van der Waals surface area contributed by atoms with Crippen molar-refractivity contribution in [2.45, 2.75) is 198 Å². The van der Waals surface area contributed by atoms with E-state index in [4.69, 9.17) is 29.2 Å². The standard InChI is InChI=1S/C55H95N5O20/c1-56-44(47(64)38-61)20-16-17-29-57-48(65)27-23-41(53(71)72)37-43(63)39-79-35-34-78-32-30-58-51(68)40-80-36-33-77-31-18-19-42(62)24-25-45(54(73)74)60-50(67)28-26-46(55(75)76)59-49(66)21-14-12-10-8-6-4-2-3-5-7-9-11-13-15-22-52(69)70/h41,44-46,56,61H,2-40H2,1H3,(H,57,65)(H,58,68)(H,59,66)(H,60,67)(H,69,70)(H,71,72)(H,73,74)(H,75,76)/t41-,44+,45?,46+/m1/s1. The van der Waals surface area contributed by atoms with Gasteiger partial charge < -0.3 is 71.1 Å². The minimum absolute atomic E-state index is 0.0320. The predicted octanol–water partition coefficient (Wildman–Crippen LogP) is 3.42. The van der Waals surface area contributed by atoms with Crippen LogP contribution in [0.3, 0.4) is 0 Å². The molecule has 0 aliphatic rings. The molecule has 0 rings (SSSR count). The number of amides is 4. The predicted molar refractivity (Wildman–Crippen MR) is 291 cm³/mol. The lowest BCUT2D eigenvalue weighted by Gasteiger charge is -2.17. The third-order valence-corrected chi connectivity index (χ3v) is 12.9. The summed E-state index contributed by atoms with van der Waals surface area (Å²) in [4.78, 5) is 131. The second-order valence-electron chi connectivity index (χ2n) is 19.8. The minimum atomic E-state index is -1.37. The zero-order valence-electron chi connectivity index (χ0n) is 47.2. The summed E-state index contributed by atoms with van der Waals surface area (Å²) in [7, 11) is 1.62. The first-order chi connectivity index (χ1) is 38.4. The van der Waals surface area contributed by atoms with Crippen LogP contribution in [0.4, 0.5) is 0 Å². The lowest BCUT2D eigenvalue weighted by atomic mass is 9.97. The summed E-state index contributed by atoms with van der Waals surface area (Å²) in [5.74, 6) is -8.58. The van der Waals surface area contributed by atoms with Crippen LogP contribution in [0.5, 0.6) is 0 Å². The molecule has 0 radical (unpaired) electrons. The molecule has 0 fully saturated rings. The number of aliphatic carboxylic acids is 4. The summed E-state index contributed by atoms with van der Waals surface area (Å²) < 4.78 is 21.4. The van der Waals surface area contributed by atoms with Crippen LogP contribution in [0.1, 0.15) is 180 Å². The van der Waals surface area contributed by atoms with Gasteiger partial charge in [0, 0.05) is 64.6 Å². The maximum absolute atomic E-state index is 12.6. The van der Waals surface area contributed by atoms with Crippen LogP contribution in [0.15, 0.2) is 0 Å². The Kier molecular flexibility index (Phi) is 47.0. The zero-order valence-corrected chi connectivity index (χ0v) is 47.2. The number of hydrogen-bond donors (Lipinski definition) is 10. The van der Waals surface area contributed by atoms with E-state index in [-0.39, 0.29) is 141 Å². The molecular formula is C55H95N5O20. The Bertz CT molecular complexity index is 1800. The van der Waals surface area contributed by atoms with Gasteiger partial charge >= 0.3 is 23.9 Å². The molecule has 25 nitrogen and oxygen atoms in total. The van der Waals surface area contributed by atoms with Gasteiger partial charge in [-0.15, -0.1) is 0 Å². The number of nitrogens with one attached hydrogen (secondary N) is 5. The van der Waals surface area contributed by atoms with Crippen molar-refractivity contribution < 1.29 is 97.2 Å². The first-order valence-electron chi connectivity index (χ1n) is 28.6. The summed E-state index contributed by atoms with van der Waals surface area (Å²) in [5.41, 5.74) is 0. The highest BCUT2D eigenvalue weighted by Gasteiger charge is 2.25. The molecule has 0 bridgehead atoms. The smallest absolute Gasteiger partial charge is 0.326 e. The van der Waals surface area contributed by atoms with Crippen molar-refractivity contribution in [3.8, 4) is 0 Å². The summed E-state index contributed by atoms with van der Waals surface area (Å²) in [6.07, 6.45) is 15.6. The SMILES string of the molecule is CN[C@@H](CCCCNC(=O)CC[C@H](CC(=O)COCCOCCNC(=O)COCCOCCCC(=O)CCC(NC(=O)CC[C@H](NC(=O)CCCCCCCCCCCCCCCCC(=O)O)C(=O)O)C(=O)O)C(=O)O)C(=O)CO. The van der Waals surface area contributed by atoms with Crippen molar-refractivity contribution >= 4 is 64.9 Å². The number of hydrogen-bond acceptors (Lipinski definition) is 17. The van der Waals surface area contributed by atoms with Crippen molar-refractivity contribution in [3.63, 3.8) is 0 Å². The first kappa shape index (κ1) is 74.5. The highest BCUT2D eigenvalue weighted by molar-refractivity contribution is 5.87. The molecule has 80 heavy (non-hydrogen) atoms. The van der Waals surface area contributed by atoms with Crippen molar-refractivity contribution in [1.82, 2.24) is 26.6 Å². The monoisotopic (exact) mass is 1150 g/mol. The number of aliphatic hydroxyl groups excluding tert-OH is 1. The van der Waals surface area contributed by atoms with E-state index in [9.17, 15) is 68.1 Å². The third kappa shape index (κ3) is 45.3. The summed E-state index contributed by atoms with van der Waals surface area (Å²) >= 11 is 0. The molecule has 0 aliphatic carbocycles. The van der Waals surface area contributed by atoms with E-state index >= 15 is 0 Å². The number of carbonyl (C=O) groups excluding carboxylic acids is 7. The largest absolute Gasteiger partial charge is 0.481 e. The average molecular weight is 1150 g/mol. The molecular weight excluding hydrogens is 1050 g/mol. The Hall–Kier alpha value is -5.47. The lowest BCUT2D eigenvalue weighted by molar-refractivity contribution is -0.145. The van der Waals surface area contributed by atoms with Crippen molar-refractivity contribution in [3.05, 3.63) is 0 Å². The third-order valence-electron chi connectivity index (χ3n) is 12.9. The Labute approximate surface area is 470 Å². The molecule has 0 spiro atoms. The van der Waals surface area contributed by atoms with Gasteiger partial charge in [-0.2, -0.15) is 0 Å². The first-order valence-corrected chi connectivity index (χ1v) is 28.6. The van der Waals surface area contributed by atoms with E-state index in [0.29, 0.717) is 38.6 Å². The van der Waals surface area contributed by atoms with Crippen molar-refractivity contribution in [2.24, 2.45) is 5.92 Å². The molecule has 1 unspecified atom stereocenters. The van der Waals surface area contributed by atoms with Gasteiger partial charge in [0.15, 0.2) is 11.6 Å². The Morgan fingerprint density at radius 1 is 0.388 bits per heavy atom. The summed E-state index contributed by atoms with van der Waals surface area (Å²) in [5, 5.41) is 59.3. The summed E-state index contributed by atoms with van der Waals surface area (Å²) in [6, 6.07) is -3.16. The molecule has 0 aromatic heterocycles. The molecule has 4 amide bonds. The quantitative estimate of drug-likeness (QED) is 0.0390. The fourth-order valence-corrected chi connectivity index (χ4v) is 8.23. The van der Waals surface area contributed by atoms with Crippen LogP contribution in [0, 0.1) is 5.92 Å². The molecule has 25 heteroatoms. The number of carboxylic acids is 4.